The van der Waals surface area contributed by atoms with Crippen LogP contribution >= 0.6 is 0 Å². The summed E-state index contributed by atoms with van der Waals surface area (Å²) in [4.78, 5) is 4.06. The van der Waals surface area contributed by atoms with Crippen LogP contribution in [0.2, 0.25) is 0 Å². The maximum absolute atomic E-state index is 13.7. The molecule has 0 spiro atoms. The van der Waals surface area contributed by atoms with Gasteiger partial charge in [-0.15, -0.1) is 10.2 Å². The Labute approximate surface area is 175 Å². The Bertz CT molecular complexity index is 1240. The maximum atomic E-state index is 13.7. The third kappa shape index (κ3) is 3.96. The van der Waals surface area contributed by atoms with Crippen LogP contribution in [0, 0.1) is 0 Å². The molecule has 7 nitrogen and oxygen atoms in total. The van der Waals surface area contributed by atoms with E-state index in [-0.39, 0.29) is 28.8 Å². The molecule has 0 aliphatic carbocycles. The number of aromatic nitrogens is 4. The van der Waals surface area contributed by atoms with Gasteiger partial charge >= 0.3 is 6.18 Å². The average Bonchev–Trinajstić information content (AvgIpc) is 3.23. The number of rotatable bonds is 5. The molecule has 0 saturated heterocycles. The van der Waals surface area contributed by atoms with Crippen molar-refractivity contribution in [3.63, 3.8) is 0 Å². The van der Waals surface area contributed by atoms with Gasteiger partial charge in [0.25, 0.3) is 0 Å². The lowest BCUT2D eigenvalue weighted by atomic mass is 10.0. The van der Waals surface area contributed by atoms with E-state index in [2.05, 4.69) is 20.5 Å². The molecule has 0 saturated carbocycles. The number of methoxy groups -OCH3 is 1. The fraction of sp³-hybridized carbons (Fsp3) is 0.190. The molecule has 0 amide bonds. The minimum Gasteiger partial charge on any atom is -0.508 e. The molecule has 0 radical (unpaired) electrons. The quantitative estimate of drug-likeness (QED) is 0.479. The van der Waals surface area contributed by atoms with E-state index in [9.17, 15) is 18.3 Å². The molecule has 2 heterocycles. The molecule has 1 atom stereocenters. The number of alkyl halides is 3. The Balaban J connectivity index is 1.78. The van der Waals surface area contributed by atoms with Gasteiger partial charge in [-0.1, -0.05) is 12.1 Å². The van der Waals surface area contributed by atoms with E-state index in [0.29, 0.717) is 11.5 Å². The first-order valence-corrected chi connectivity index (χ1v) is 9.27. The number of aromatic hydroxyl groups is 1. The molecule has 2 N–H and O–H groups in total. The molecule has 0 fully saturated rings. The van der Waals surface area contributed by atoms with E-state index < -0.39 is 11.7 Å². The van der Waals surface area contributed by atoms with Crippen LogP contribution in [0.1, 0.15) is 24.1 Å². The third-order valence-corrected chi connectivity index (χ3v) is 4.86. The first kappa shape index (κ1) is 20.5. The van der Waals surface area contributed by atoms with Gasteiger partial charge in [0.2, 0.25) is 5.95 Å². The second kappa shape index (κ2) is 7.78. The number of hydrogen-bond acceptors (Lipinski definition) is 6. The van der Waals surface area contributed by atoms with Crippen LogP contribution in [0.4, 0.5) is 19.1 Å². The number of anilines is 1. The molecule has 10 heteroatoms. The second-order valence-corrected chi connectivity index (χ2v) is 6.89. The van der Waals surface area contributed by atoms with Crippen LogP contribution in [-0.2, 0) is 6.18 Å². The van der Waals surface area contributed by atoms with Crippen molar-refractivity contribution in [3.05, 3.63) is 66.1 Å². The Kier molecular flexibility index (Phi) is 5.14. The number of fused-ring (bicyclic) bond motifs is 1. The number of imidazole rings is 1. The Morgan fingerprint density at radius 1 is 1.13 bits per heavy atom. The zero-order chi connectivity index (χ0) is 22.2. The Morgan fingerprint density at radius 2 is 1.94 bits per heavy atom. The van der Waals surface area contributed by atoms with Crippen molar-refractivity contribution in [3.8, 4) is 22.8 Å². The Hall–Kier alpha value is -3.82. The maximum Gasteiger partial charge on any atom is 0.417 e. The van der Waals surface area contributed by atoms with Crippen LogP contribution in [0.5, 0.6) is 11.5 Å². The fourth-order valence-corrected chi connectivity index (χ4v) is 3.29. The molecule has 2 aromatic heterocycles. The minimum absolute atomic E-state index is 0.0445. The van der Waals surface area contributed by atoms with Crippen LogP contribution in [0.3, 0.4) is 0 Å². The average molecular weight is 429 g/mol. The Morgan fingerprint density at radius 3 is 2.65 bits per heavy atom. The lowest BCUT2D eigenvalue weighted by molar-refractivity contribution is -0.137. The predicted molar refractivity (Wildman–Crippen MR) is 108 cm³/mol. The summed E-state index contributed by atoms with van der Waals surface area (Å²) < 4.78 is 47.5. The van der Waals surface area contributed by atoms with E-state index in [4.69, 9.17) is 4.74 Å². The number of nitrogens with zero attached hydrogens (tertiary/aromatic N) is 4. The molecule has 2 aromatic carbocycles. The molecule has 160 valence electrons. The summed E-state index contributed by atoms with van der Waals surface area (Å²) in [5.41, 5.74) is 0.199. The molecule has 4 rings (SSSR count). The predicted octanol–water partition coefficient (Wildman–Crippen LogP) is 4.70. The van der Waals surface area contributed by atoms with Gasteiger partial charge < -0.3 is 15.2 Å². The van der Waals surface area contributed by atoms with Crippen LogP contribution in [0.25, 0.3) is 16.8 Å². The molecular weight excluding hydrogens is 411 g/mol. The van der Waals surface area contributed by atoms with Crippen LogP contribution < -0.4 is 10.1 Å². The van der Waals surface area contributed by atoms with Crippen molar-refractivity contribution >= 4 is 11.5 Å². The third-order valence-electron chi connectivity index (χ3n) is 4.86. The highest BCUT2D eigenvalue weighted by Crippen LogP contribution is 2.39. The number of benzene rings is 2. The molecule has 1 unspecified atom stereocenters. The first-order valence-electron chi connectivity index (χ1n) is 9.27. The van der Waals surface area contributed by atoms with Gasteiger partial charge in [-0.25, -0.2) is 4.98 Å². The summed E-state index contributed by atoms with van der Waals surface area (Å²) in [6.45, 7) is 1.86. The van der Waals surface area contributed by atoms with E-state index in [1.807, 2.05) is 13.0 Å². The largest absolute Gasteiger partial charge is 0.508 e. The SMILES string of the molecule is COc1ccc(-c2nnc(NC(C)c3cccc(O)c3)n3cncc23)c(C(F)(F)F)c1. The van der Waals surface area contributed by atoms with Gasteiger partial charge in [-0.3, -0.25) is 4.40 Å². The van der Waals surface area contributed by atoms with Crippen molar-refractivity contribution in [1.29, 1.82) is 0 Å². The number of phenols is 1. The van der Waals surface area contributed by atoms with Crippen molar-refractivity contribution in [2.75, 3.05) is 12.4 Å². The number of hydrogen-bond donors (Lipinski definition) is 2. The van der Waals surface area contributed by atoms with Gasteiger partial charge in [-0.05, 0) is 42.8 Å². The van der Waals surface area contributed by atoms with Crippen molar-refractivity contribution in [2.24, 2.45) is 0 Å². The highest BCUT2D eigenvalue weighted by molar-refractivity contribution is 5.79. The summed E-state index contributed by atoms with van der Waals surface area (Å²) in [7, 11) is 1.30. The number of phenolic OH excluding ortho intramolecular Hbond substituents is 1. The monoisotopic (exact) mass is 429 g/mol. The van der Waals surface area contributed by atoms with Crippen molar-refractivity contribution < 1.29 is 23.0 Å². The number of ether oxygens (including phenoxy) is 1. The topological polar surface area (TPSA) is 84.6 Å². The highest BCUT2D eigenvalue weighted by atomic mass is 19.4. The van der Waals surface area contributed by atoms with Gasteiger partial charge in [0, 0.05) is 5.56 Å². The first-order chi connectivity index (χ1) is 14.8. The summed E-state index contributed by atoms with van der Waals surface area (Å²) in [5, 5.41) is 21.0. The second-order valence-electron chi connectivity index (χ2n) is 6.89. The van der Waals surface area contributed by atoms with Crippen molar-refractivity contribution in [2.45, 2.75) is 19.1 Å². The minimum atomic E-state index is -4.61. The fourth-order valence-electron chi connectivity index (χ4n) is 3.29. The van der Waals surface area contributed by atoms with Crippen molar-refractivity contribution in [1.82, 2.24) is 19.6 Å². The number of nitrogens with one attached hydrogen (secondary N) is 1. The van der Waals surface area contributed by atoms with E-state index in [1.54, 1.807) is 18.2 Å². The summed E-state index contributed by atoms with van der Waals surface area (Å²) in [6, 6.07) is 10.1. The zero-order valence-corrected chi connectivity index (χ0v) is 16.6. The standard InChI is InChI=1S/C21H18F3N5O2/c1-12(13-4-3-5-14(30)8-13)26-20-28-27-19(18-10-25-11-29(18)20)16-7-6-15(31-2)9-17(16)21(22,23)24/h3-12,30H,1-2H3,(H,26,28). The summed E-state index contributed by atoms with van der Waals surface area (Å²) >= 11 is 0. The molecular formula is C21H18F3N5O2. The van der Waals surface area contributed by atoms with Gasteiger partial charge in [0.05, 0.1) is 30.4 Å². The van der Waals surface area contributed by atoms with Gasteiger partial charge in [0.1, 0.15) is 23.5 Å². The highest BCUT2D eigenvalue weighted by Gasteiger charge is 2.35. The lowest BCUT2D eigenvalue weighted by Crippen LogP contribution is -2.13. The van der Waals surface area contributed by atoms with Gasteiger partial charge in [-0.2, -0.15) is 13.2 Å². The summed E-state index contributed by atoms with van der Waals surface area (Å²) in [6.07, 6.45) is -1.73. The summed E-state index contributed by atoms with van der Waals surface area (Å²) in [5.74, 6) is 0.514. The number of halogens is 3. The molecule has 0 bridgehead atoms. The van der Waals surface area contributed by atoms with Gasteiger partial charge in [0.15, 0.2) is 0 Å². The zero-order valence-electron chi connectivity index (χ0n) is 16.6. The normalized spacial score (nSPS) is 12.7. The molecule has 0 aliphatic rings. The van der Waals surface area contributed by atoms with E-state index in [0.717, 1.165) is 11.6 Å². The molecule has 31 heavy (non-hydrogen) atoms. The van der Waals surface area contributed by atoms with E-state index >= 15 is 0 Å². The van der Waals surface area contributed by atoms with Crippen LogP contribution in [0.15, 0.2) is 55.0 Å². The molecule has 0 aliphatic heterocycles. The van der Waals surface area contributed by atoms with Crippen LogP contribution in [-0.4, -0.2) is 31.8 Å². The molecule has 4 aromatic rings. The van der Waals surface area contributed by atoms with E-state index in [1.165, 1.54) is 36.2 Å². The smallest absolute Gasteiger partial charge is 0.417 e. The lowest BCUT2D eigenvalue weighted by Gasteiger charge is -2.17.